The number of thiophene rings is 1. The number of rotatable bonds is 2. The van der Waals surface area contributed by atoms with E-state index in [9.17, 15) is 0 Å². The molecule has 0 radical (unpaired) electrons. The van der Waals surface area contributed by atoms with Crippen molar-refractivity contribution in [3.63, 3.8) is 0 Å². The van der Waals surface area contributed by atoms with Gasteiger partial charge in [0.25, 0.3) is 0 Å². The minimum Gasteiger partial charge on any atom is -0.378 e. The Bertz CT molecular complexity index is 1160. The zero-order chi connectivity index (χ0) is 18.5. The minimum atomic E-state index is 0.765. The van der Waals surface area contributed by atoms with Crippen LogP contribution in [0.2, 0.25) is 0 Å². The number of anilines is 1. The highest BCUT2D eigenvalue weighted by Crippen LogP contribution is 2.42. The quantitative estimate of drug-likeness (QED) is 0.518. The summed E-state index contributed by atoms with van der Waals surface area (Å²) in [7, 11) is 0. The van der Waals surface area contributed by atoms with Crippen molar-refractivity contribution in [2.75, 3.05) is 31.2 Å². The van der Waals surface area contributed by atoms with Crippen LogP contribution in [0.1, 0.15) is 24.0 Å². The van der Waals surface area contributed by atoms with Crippen molar-refractivity contribution in [3.05, 3.63) is 29.8 Å². The Balaban J connectivity index is 1.64. The Labute approximate surface area is 165 Å². The summed E-state index contributed by atoms with van der Waals surface area (Å²) in [4.78, 5) is 12.7. The van der Waals surface area contributed by atoms with Gasteiger partial charge in [0.05, 0.1) is 13.2 Å². The van der Waals surface area contributed by atoms with Crippen molar-refractivity contribution >= 4 is 37.6 Å². The first kappa shape index (κ1) is 16.3. The lowest BCUT2D eigenvalue weighted by molar-refractivity contribution is 0.122. The summed E-state index contributed by atoms with van der Waals surface area (Å²) < 4.78 is 8.46. The molecular formula is C19H19N7OS. The van der Waals surface area contributed by atoms with E-state index < -0.39 is 0 Å². The van der Waals surface area contributed by atoms with Crippen LogP contribution in [-0.2, 0) is 17.6 Å². The zero-order valence-electron chi connectivity index (χ0n) is 15.3. The van der Waals surface area contributed by atoms with Crippen LogP contribution in [0.25, 0.3) is 26.3 Å². The molecule has 0 spiro atoms. The topological polar surface area (TPSA) is 81.9 Å². The summed E-state index contributed by atoms with van der Waals surface area (Å²) in [5.41, 5.74) is 3.71. The highest BCUT2D eigenvalue weighted by Gasteiger charge is 2.26. The molecule has 2 aliphatic rings. The second-order valence-corrected chi connectivity index (χ2v) is 8.24. The molecule has 1 fully saturated rings. The van der Waals surface area contributed by atoms with Gasteiger partial charge in [-0.3, -0.25) is 4.57 Å². The van der Waals surface area contributed by atoms with E-state index in [2.05, 4.69) is 25.3 Å². The standard InChI is InChI=1S/C19H19N7OS/c1-2-4-13-12(3-1)14-15-16(18(23-24-22-15)26-6-5-20-11-26)28-19(14)21-17(13)25-7-9-27-10-8-25/h5-6,11H,1-4,7-10H2. The number of imidazole rings is 1. The van der Waals surface area contributed by atoms with Crippen LogP contribution in [0.5, 0.6) is 0 Å². The summed E-state index contributed by atoms with van der Waals surface area (Å²) in [6.45, 7) is 3.33. The average Bonchev–Trinajstić information content (AvgIpc) is 3.41. The molecule has 0 saturated carbocycles. The van der Waals surface area contributed by atoms with Gasteiger partial charge in [0, 0.05) is 30.9 Å². The van der Waals surface area contributed by atoms with Crippen LogP contribution < -0.4 is 4.90 Å². The normalized spacial score (nSPS) is 17.4. The first-order valence-corrected chi connectivity index (χ1v) is 10.5. The molecule has 4 aromatic heterocycles. The van der Waals surface area contributed by atoms with Gasteiger partial charge in [0.15, 0.2) is 5.82 Å². The lowest BCUT2D eigenvalue weighted by Gasteiger charge is -2.31. The Kier molecular flexibility index (Phi) is 3.76. The maximum atomic E-state index is 5.56. The molecule has 1 aliphatic carbocycles. The summed E-state index contributed by atoms with van der Waals surface area (Å²) in [6.07, 6.45) is 9.95. The molecule has 8 nitrogen and oxygen atoms in total. The van der Waals surface area contributed by atoms with E-state index in [1.807, 2.05) is 10.8 Å². The first-order valence-electron chi connectivity index (χ1n) is 9.68. The second-order valence-electron chi connectivity index (χ2n) is 7.24. The molecule has 142 valence electrons. The molecule has 1 saturated heterocycles. The van der Waals surface area contributed by atoms with Gasteiger partial charge < -0.3 is 9.64 Å². The molecule has 0 atom stereocenters. The van der Waals surface area contributed by atoms with Gasteiger partial charge in [-0.05, 0) is 42.0 Å². The van der Waals surface area contributed by atoms with Crippen LogP contribution in [0.3, 0.4) is 0 Å². The predicted octanol–water partition coefficient (Wildman–Crippen LogP) is 2.54. The lowest BCUT2D eigenvalue weighted by atomic mass is 9.90. The summed E-state index contributed by atoms with van der Waals surface area (Å²) in [6, 6.07) is 0. The van der Waals surface area contributed by atoms with E-state index in [4.69, 9.17) is 9.72 Å². The van der Waals surface area contributed by atoms with Crippen LogP contribution in [0.4, 0.5) is 5.82 Å². The fourth-order valence-corrected chi connectivity index (χ4v) is 5.47. The monoisotopic (exact) mass is 393 g/mol. The molecular weight excluding hydrogens is 374 g/mol. The van der Waals surface area contributed by atoms with E-state index in [1.54, 1.807) is 23.9 Å². The van der Waals surface area contributed by atoms with Gasteiger partial charge in [-0.1, -0.05) is 0 Å². The zero-order valence-corrected chi connectivity index (χ0v) is 16.2. The van der Waals surface area contributed by atoms with Crippen molar-refractivity contribution in [1.82, 2.24) is 29.9 Å². The Morgan fingerprint density at radius 2 is 1.86 bits per heavy atom. The smallest absolute Gasteiger partial charge is 0.182 e. The van der Waals surface area contributed by atoms with E-state index in [0.29, 0.717) is 0 Å². The van der Waals surface area contributed by atoms with E-state index >= 15 is 0 Å². The summed E-state index contributed by atoms with van der Waals surface area (Å²) >= 11 is 1.65. The Hall–Kier alpha value is -2.65. The molecule has 28 heavy (non-hydrogen) atoms. The molecule has 4 aromatic rings. The summed E-state index contributed by atoms with van der Waals surface area (Å²) in [5, 5.41) is 13.9. The third kappa shape index (κ3) is 2.43. The maximum absolute atomic E-state index is 5.56. The van der Waals surface area contributed by atoms with Crippen molar-refractivity contribution in [1.29, 1.82) is 0 Å². The van der Waals surface area contributed by atoms with Crippen LogP contribution in [-0.4, -0.2) is 56.2 Å². The second kappa shape index (κ2) is 6.46. The molecule has 9 heteroatoms. The minimum absolute atomic E-state index is 0.765. The van der Waals surface area contributed by atoms with Gasteiger partial charge >= 0.3 is 0 Å². The van der Waals surface area contributed by atoms with E-state index in [-0.39, 0.29) is 0 Å². The number of hydrogen-bond donors (Lipinski definition) is 0. The maximum Gasteiger partial charge on any atom is 0.182 e. The number of aromatic nitrogens is 6. The predicted molar refractivity (Wildman–Crippen MR) is 107 cm³/mol. The van der Waals surface area contributed by atoms with Gasteiger partial charge in [0.1, 0.15) is 27.2 Å². The Morgan fingerprint density at radius 1 is 1.00 bits per heavy atom. The lowest BCUT2D eigenvalue weighted by Crippen LogP contribution is -2.37. The molecule has 0 bridgehead atoms. The van der Waals surface area contributed by atoms with E-state index in [1.165, 1.54) is 29.4 Å². The number of nitrogens with zero attached hydrogens (tertiary/aromatic N) is 7. The molecule has 0 amide bonds. The molecule has 5 heterocycles. The van der Waals surface area contributed by atoms with Crippen LogP contribution in [0.15, 0.2) is 18.7 Å². The number of aryl methyl sites for hydroxylation is 1. The third-order valence-electron chi connectivity index (χ3n) is 5.66. The number of pyridine rings is 1. The van der Waals surface area contributed by atoms with Gasteiger partial charge in [-0.25, -0.2) is 9.97 Å². The molecule has 0 unspecified atom stereocenters. The average molecular weight is 393 g/mol. The number of morpholine rings is 1. The van der Waals surface area contributed by atoms with Gasteiger partial charge in [-0.15, -0.1) is 21.5 Å². The molecule has 0 aromatic carbocycles. The van der Waals surface area contributed by atoms with Crippen molar-refractivity contribution < 1.29 is 4.74 Å². The number of hydrogen-bond acceptors (Lipinski definition) is 8. The van der Waals surface area contributed by atoms with Crippen molar-refractivity contribution in [2.45, 2.75) is 25.7 Å². The van der Waals surface area contributed by atoms with Crippen LogP contribution in [0, 0.1) is 0 Å². The fourth-order valence-electron chi connectivity index (χ4n) is 4.35. The first-order chi connectivity index (χ1) is 13.9. The van der Waals surface area contributed by atoms with E-state index in [0.717, 1.165) is 65.8 Å². The SMILES string of the molecule is c1cn(-c2nnnc3c2sc2nc(N4CCOCC4)c4c(c23)CCCC4)cn1. The highest BCUT2D eigenvalue weighted by molar-refractivity contribution is 7.25. The van der Waals surface area contributed by atoms with Crippen molar-refractivity contribution in [3.8, 4) is 5.82 Å². The molecule has 0 N–H and O–H groups in total. The van der Waals surface area contributed by atoms with Crippen molar-refractivity contribution in [2.24, 2.45) is 0 Å². The molecule has 6 rings (SSSR count). The number of fused-ring (bicyclic) bond motifs is 5. The van der Waals surface area contributed by atoms with Gasteiger partial charge in [0.2, 0.25) is 0 Å². The fraction of sp³-hybridized carbons (Fsp3) is 0.421. The largest absolute Gasteiger partial charge is 0.378 e. The Morgan fingerprint density at radius 3 is 2.68 bits per heavy atom. The molecule has 1 aliphatic heterocycles. The van der Waals surface area contributed by atoms with Crippen LogP contribution >= 0.6 is 11.3 Å². The summed E-state index contributed by atoms with van der Waals surface area (Å²) in [5.74, 6) is 1.91. The number of ether oxygens (including phenoxy) is 1. The highest BCUT2D eigenvalue weighted by atomic mass is 32.1. The van der Waals surface area contributed by atoms with Gasteiger partial charge in [-0.2, -0.15) is 0 Å². The third-order valence-corrected chi connectivity index (χ3v) is 6.73.